The van der Waals surface area contributed by atoms with Crippen molar-refractivity contribution >= 4 is 29.9 Å². The van der Waals surface area contributed by atoms with E-state index in [1.807, 2.05) is 0 Å². The predicted octanol–water partition coefficient (Wildman–Crippen LogP) is 0.671. The highest BCUT2D eigenvalue weighted by molar-refractivity contribution is 14.2. The molecule has 0 atom stereocenters. The van der Waals surface area contributed by atoms with Gasteiger partial charge < -0.3 is 9.84 Å². The second-order valence-electron chi connectivity index (χ2n) is 2.86. The third-order valence-corrected chi connectivity index (χ3v) is 4.86. The topological polar surface area (TPSA) is 118 Å². The molecule has 1 rings (SSSR count). The molecule has 2 N–H and O–H groups in total. The first-order valence-electron chi connectivity index (χ1n) is 4.26. The maximum absolute atomic E-state index is 11.0. The van der Waals surface area contributed by atoms with Crippen molar-refractivity contribution < 1.29 is 29.0 Å². The van der Waals surface area contributed by atoms with Gasteiger partial charge >= 0.3 is 19.8 Å². The van der Waals surface area contributed by atoms with E-state index in [1.165, 1.54) is 6.07 Å². The van der Waals surface area contributed by atoms with Crippen LogP contribution >= 0.6 is 19.8 Å². The Hall–Kier alpha value is -0.780. The van der Waals surface area contributed by atoms with Crippen molar-refractivity contribution in [2.75, 3.05) is 13.2 Å². The maximum atomic E-state index is 11.0. The minimum atomic E-state index is -4.63. The van der Waals surface area contributed by atoms with E-state index in [9.17, 15) is 14.6 Å². The number of hydrogen-bond donors (Lipinski definition) is 2. The van der Waals surface area contributed by atoms with Crippen LogP contribution in [0.3, 0.4) is 0 Å². The first-order valence-corrected chi connectivity index (χ1v) is 8.55. The first kappa shape index (κ1) is 14.3. The minimum Gasteiger partial charge on any atom is -0.491 e. The van der Waals surface area contributed by atoms with Crippen LogP contribution in [0.1, 0.15) is 0 Å². The van der Waals surface area contributed by atoms with Crippen molar-refractivity contribution in [2.45, 2.75) is 4.90 Å². The van der Waals surface area contributed by atoms with Gasteiger partial charge in [0, 0.05) is 6.07 Å². The first-order chi connectivity index (χ1) is 7.86. The Morgan fingerprint density at radius 2 is 1.94 bits per heavy atom. The van der Waals surface area contributed by atoms with Gasteiger partial charge in [0.2, 0.25) is 0 Å². The lowest BCUT2D eigenvalue weighted by molar-refractivity contribution is 0.201. The number of rotatable bonds is 5. The zero-order valence-electron chi connectivity index (χ0n) is 8.37. The molecule has 1 aromatic carbocycles. The lowest BCUT2D eigenvalue weighted by atomic mass is 10.3. The van der Waals surface area contributed by atoms with E-state index < -0.39 is 38.4 Å². The number of hydrogen-bond acceptors (Lipinski definition) is 6. The van der Waals surface area contributed by atoms with Crippen molar-refractivity contribution in [2.24, 2.45) is 0 Å². The Morgan fingerprint density at radius 3 is 2.41 bits per heavy atom. The second-order valence-corrected chi connectivity index (χ2v) is 6.65. The summed E-state index contributed by atoms with van der Waals surface area (Å²) >= 11 is -4.03. The molecular formula is C8H9IO7S. The van der Waals surface area contributed by atoms with Gasteiger partial charge in [-0.05, 0) is 12.1 Å². The molecule has 0 aliphatic rings. The summed E-state index contributed by atoms with van der Waals surface area (Å²) in [7, 11) is -4.63. The lowest BCUT2D eigenvalue weighted by Gasteiger charge is -2.06. The molecule has 7 nitrogen and oxygen atoms in total. The van der Waals surface area contributed by atoms with E-state index in [0.717, 1.165) is 12.1 Å². The molecule has 17 heavy (non-hydrogen) atoms. The molecule has 0 aliphatic heterocycles. The Balaban J connectivity index is 3.30. The summed E-state index contributed by atoms with van der Waals surface area (Å²) in [6.07, 6.45) is 0. The van der Waals surface area contributed by atoms with Crippen LogP contribution in [-0.2, 0) is 16.3 Å². The van der Waals surface area contributed by atoms with E-state index in [1.54, 1.807) is 0 Å². The van der Waals surface area contributed by atoms with Gasteiger partial charge in [0.15, 0.2) is 0 Å². The van der Waals surface area contributed by atoms with Gasteiger partial charge in [-0.2, -0.15) is 8.42 Å². The van der Waals surface area contributed by atoms with Crippen LogP contribution in [0.4, 0.5) is 0 Å². The molecule has 0 aliphatic carbocycles. The largest absolute Gasteiger partial charge is 0.491 e. The standard InChI is InChI=1S/C8H9IO7S/c10-3-4-16-6-1-2-7(9(11)12)8(5-6)17(13,14)15/h1-2,5,10H,3-4H2,(H,13,14,15). The van der Waals surface area contributed by atoms with Crippen molar-refractivity contribution in [3.63, 3.8) is 0 Å². The third kappa shape index (κ3) is 3.87. The molecule has 0 bridgehead atoms. The van der Waals surface area contributed by atoms with Gasteiger partial charge in [0.25, 0.3) is 10.1 Å². The summed E-state index contributed by atoms with van der Waals surface area (Å²) in [6.45, 7) is -0.341. The van der Waals surface area contributed by atoms with Crippen molar-refractivity contribution in [1.29, 1.82) is 0 Å². The molecule has 0 radical (unpaired) electrons. The number of ether oxygens (including phenoxy) is 1. The molecule has 1 aromatic rings. The Morgan fingerprint density at radius 1 is 1.29 bits per heavy atom. The Labute approximate surface area is 104 Å². The van der Waals surface area contributed by atoms with Gasteiger partial charge in [-0.25, -0.2) is 6.14 Å². The van der Waals surface area contributed by atoms with Gasteiger partial charge in [-0.1, -0.05) is 0 Å². The van der Waals surface area contributed by atoms with E-state index in [0.29, 0.717) is 0 Å². The number of aliphatic hydroxyl groups excluding tert-OH is 1. The zero-order valence-corrected chi connectivity index (χ0v) is 11.3. The Bertz CT molecular complexity index is 568. The van der Waals surface area contributed by atoms with Crippen LogP contribution in [0.15, 0.2) is 23.1 Å². The summed E-state index contributed by atoms with van der Waals surface area (Å²) in [5.74, 6) is 0.0492. The molecule has 0 aromatic heterocycles. The van der Waals surface area contributed by atoms with E-state index in [2.05, 4.69) is 0 Å². The third-order valence-electron chi connectivity index (χ3n) is 1.71. The van der Waals surface area contributed by atoms with Crippen molar-refractivity contribution in [3.8, 4) is 5.75 Å². The van der Waals surface area contributed by atoms with Crippen LogP contribution in [0, 0.1) is 3.57 Å². The van der Waals surface area contributed by atoms with Crippen LogP contribution in [0.25, 0.3) is 0 Å². The summed E-state index contributed by atoms with van der Waals surface area (Å²) in [6, 6.07) is 3.20. The number of aliphatic hydroxyl groups is 1. The summed E-state index contributed by atoms with van der Waals surface area (Å²) < 4.78 is 57.1. The highest BCUT2D eigenvalue weighted by Crippen LogP contribution is 2.28. The Kier molecular flexibility index (Phi) is 4.80. The van der Waals surface area contributed by atoms with Crippen LogP contribution < -0.4 is 4.74 Å². The summed E-state index contributed by atoms with van der Waals surface area (Å²) in [4.78, 5) is -0.705. The number of benzene rings is 1. The van der Waals surface area contributed by atoms with Crippen LogP contribution in [-0.4, -0.2) is 31.3 Å². The zero-order chi connectivity index (χ0) is 13.1. The van der Waals surface area contributed by atoms with E-state index in [-0.39, 0.29) is 19.0 Å². The van der Waals surface area contributed by atoms with Crippen LogP contribution in [0.2, 0.25) is 0 Å². The molecule has 9 heteroatoms. The minimum absolute atomic E-state index is 0.0492. The SMILES string of the molecule is O=I(=O)c1ccc(OCCO)cc1S(=O)(=O)O. The molecule has 0 saturated carbocycles. The molecule has 0 amide bonds. The lowest BCUT2D eigenvalue weighted by Crippen LogP contribution is -2.05. The fourth-order valence-corrected chi connectivity index (χ4v) is 3.96. The van der Waals surface area contributed by atoms with Gasteiger partial charge in [0.1, 0.15) is 17.3 Å². The average molecular weight is 376 g/mol. The normalized spacial score (nSPS) is 11.7. The highest BCUT2D eigenvalue weighted by atomic mass is 127. The highest BCUT2D eigenvalue weighted by Gasteiger charge is 2.19. The molecule has 96 valence electrons. The summed E-state index contributed by atoms with van der Waals surface area (Å²) in [5, 5.41) is 8.51. The predicted molar refractivity (Wildman–Crippen MR) is 62.9 cm³/mol. The fraction of sp³-hybridized carbons (Fsp3) is 0.250. The molecule has 0 saturated heterocycles. The maximum Gasteiger partial charge on any atom is 0.342 e. The van der Waals surface area contributed by atoms with Gasteiger partial charge in [-0.3, -0.25) is 4.55 Å². The van der Waals surface area contributed by atoms with Crippen molar-refractivity contribution in [3.05, 3.63) is 21.8 Å². The van der Waals surface area contributed by atoms with Gasteiger partial charge in [0.05, 0.1) is 10.2 Å². The smallest absolute Gasteiger partial charge is 0.342 e. The molecular weight excluding hydrogens is 367 g/mol. The quantitative estimate of drug-likeness (QED) is 0.573. The fourth-order valence-electron chi connectivity index (χ4n) is 1.06. The van der Waals surface area contributed by atoms with Gasteiger partial charge in [-0.15, -0.1) is 0 Å². The van der Waals surface area contributed by atoms with E-state index in [4.69, 9.17) is 14.4 Å². The van der Waals surface area contributed by atoms with Crippen LogP contribution in [0.5, 0.6) is 5.75 Å². The second kappa shape index (κ2) is 5.71. The van der Waals surface area contributed by atoms with E-state index >= 15 is 0 Å². The summed E-state index contributed by atoms with van der Waals surface area (Å²) in [5.41, 5.74) is 0. The average Bonchev–Trinajstić information content (AvgIpc) is 2.24. The molecule has 0 spiro atoms. The monoisotopic (exact) mass is 376 g/mol. The van der Waals surface area contributed by atoms with Crippen molar-refractivity contribution in [1.82, 2.24) is 0 Å². The number of halogens is 1. The molecule has 0 heterocycles. The molecule has 0 fully saturated rings. The molecule has 0 unspecified atom stereocenters.